The van der Waals surface area contributed by atoms with E-state index in [2.05, 4.69) is 4.98 Å². The maximum absolute atomic E-state index is 13.5. The van der Waals surface area contributed by atoms with Crippen LogP contribution in [0, 0.1) is 5.82 Å². The average Bonchev–Trinajstić information content (AvgIpc) is 3.06. The van der Waals surface area contributed by atoms with Crippen molar-refractivity contribution < 1.29 is 13.6 Å². The van der Waals surface area contributed by atoms with Crippen molar-refractivity contribution in [1.82, 2.24) is 9.55 Å². The first-order valence-electron chi connectivity index (χ1n) is 6.59. The molecule has 0 saturated heterocycles. The monoisotopic (exact) mass is 304 g/mol. The highest BCUT2D eigenvalue weighted by Gasteiger charge is 2.27. The number of carbonyl (C=O) groups is 1. The van der Waals surface area contributed by atoms with Gasteiger partial charge in [0.1, 0.15) is 17.1 Å². The Labute approximate surface area is 124 Å². The van der Waals surface area contributed by atoms with Crippen molar-refractivity contribution in [2.24, 2.45) is 0 Å². The van der Waals surface area contributed by atoms with Crippen molar-refractivity contribution >= 4 is 27.8 Å². The minimum atomic E-state index is -0.719. The van der Waals surface area contributed by atoms with Gasteiger partial charge >= 0.3 is 0 Å². The van der Waals surface area contributed by atoms with E-state index in [1.54, 1.807) is 10.9 Å². The van der Waals surface area contributed by atoms with Crippen molar-refractivity contribution in [3.05, 3.63) is 48.0 Å². The lowest BCUT2D eigenvalue weighted by Crippen LogP contribution is -1.97. The minimum Gasteiger partial charge on any atom is -0.449 e. The molecule has 0 amide bonds. The fraction of sp³-hybridized carbons (Fsp3) is 0.200. The third kappa shape index (κ3) is 2.05. The molecule has 0 N–H and O–H groups in total. The predicted octanol–water partition coefficient (Wildman–Crippen LogP) is 4.01. The van der Waals surface area contributed by atoms with Crippen LogP contribution in [0.15, 0.2) is 35.1 Å². The van der Waals surface area contributed by atoms with Crippen LogP contribution in [0.5, 0.6) is 0 Å². The van der Waals surface area contributed by atoms with Crippen molar-refractivity contribution in [3.8, 4) is 5.69 Å². The maximum Gasteiger partial charge on any atom is 0.290 e. The van der Waals surface area contributed by atoms with Gasteiger partial charge < -0.3 is 8.98 Å². The lowest BCUT2D eigenvalue weighted by molar-refractivity contribution is 0.105. The Bertz CT molecular complexity index is 864. The van der Waals surface area contributed by atoms with Gasteiger partial charge in [-0.25, -0.2) is 9.37 Å². The molecular weight excluding hydrogens is 295 g/mol. The van der Waals surface area contributed by atoms with Crippen LogP contribution >= 0.6 is 11.6 Å². The van der Waals surface area contributed by atoms with Crippen molar-refractivity contribution in [2.75, 3.05) is 0 Å². The zero-order valence-corrected chi connectivity index (χ0v) is 11.6. The number of hydrogen-bond donors (Lipinski definition) is 0. The normalized spacial score (nSPS) is 14.8. The minimum absolute atomic E-state index is 0.00277. The summed E-state index contributed by atoms with van der Waals surface area (Å²) in [6, 6.07) is 4.09. The molecule has 2 aromatic heterocycles. The predicted molar refractivity (Wildman–Crippen MR) is 75.5 cm³/mol. The average molecular weight is 305 g/mol. The topological polar surface area (TPSA) is 48.0 Å². The van der Waals surface area contributed by atoms with E-state index in [4.69, 9.17) is 16.0 Å². The molecule has 0 aliphatic heterocycles. The van der Waals surface area contributed by atoms with Gasteiger partial charge in [-0.2, -0.15) is 0 Å². The summed E-state index contributed by atoms with van der Waals surface area (Å²) in [4.78, 5) is 15.9. The third-order valence-electron chi connectivity index (χ3n) is 3.66. The summed E-state index contributed by atoms with van der Waals surface area (Å²) in [5.74, 6) is 0.0778. The van der Waals surface area contributed by atoms with E-state index >= 15 is 0 Å². The van der Waals surface area contributed by atoms with Crippen molar-refractivity contribution in [2.45, 2.75) is 18.8 Å². The lowest BCUT2D eigenvalue weighted by Gasteiger charge is -2.00. The number of aromatic nitrogens is 2. The SMILES string of the molecule is O=C(Cl)c1oc2ccc(F)cc2c1-n1cnc(C2CC2)c1. The van der Waals surface area contributed by atoms with Gasteiger partial charge in [0.05, 0.1) is 12.0 Å². The molecule has 1 fully saturated rings. The van der Waals surface area contributed by atoms with Gasteiger partial charge in [0.2, 0.25) is 5.76 Å². The summed E-state index contributed by atoms with van der Waals surface area (Å²) >= 11 is 5.59. The largest absolute Gasteiger partial charge is 0.449 e. The first-order valence-corrected chi connectivity index (χ1v) is 6.97. The Hall–Kier alpha value is -2.14. The van der Waals surface area contributed by atoms with Gasteiger partial charge in [-0.05, 0) is 42.6 Å². The molecule has 1 aliphatic rings. The number of fused-ring (bicyclic) bond motifs is 1. The lowest BCUT2D eigenvalue weighted by atomic mass is 10.2. The second-order valence-electron chi connectivity index (χ2n) is 5.17. The molecule has 0 bridgehead atoms. The van der Waals surface area contributed by atoms with E-state index in [0.29, 0.717) is 22.6 Å². The molecule has 0 radical (unpaired) electrons. The number of nitrogens with zero attached hydrogens (tertiary/aromatic N) is 2. The second-order valence-corrected chi connectivity index (χ2v) is 5.52. The van der Waals surface area contributed by atoms with Gasteiger partial charge in [0.15, 0.2) is 0 Å². The maximum atomic E-state index is 13.5. The van der Waals surface area contributed by atoms with E-state index in [-0.39, 0.29) is 5.76 Å². The number of rotatable bonds is 3. The number of benzene rings is 1. The number of furan rings is 1. The zero-order valence-electron chi connectivity index (χ0n) is 10.8. The van der Waals surface area contributed by atoms with E-state index in [0.717, 1.165) is 18.5 Å². The Morgan fingerprint density at radius 1 is 1.43 bits per heavy atom. The van der Waals surface area contributed by atoms with Crippen LogP contribution in [0.25, 0.3) is 16.7 Å². The molecule has 1 aromatic carbocycles. The second kappa shape index (κ2) is 4.43. The quantitative estimate of drug-likeness (QED) is 0.687. The fourth-order valence-electron chi connectivity index (χ4n) is 2.50. The Kier molecular flexibility index (Phi) is 2.65. The van der Waals surface area contributed by atoms with E-state index < -0.39 is 11.1 Å². The first kappa shape index (κ1) is 12.6. The number of carbonyl (C=O) groups excluding carboxylic acids is 1. The molecule has 1 saturated carbocycles. The van der Waals surface area contributed by atoms with Gasteiger partial charge in [-0.1, -0.05) is 0 Å². The highest BCUT2D eigenvalue weighted by Crippen LogP contribution is 2.40. The highest BCUT2D eigenvalue weighted by atomic mass is 35.5. The molecule has 0 atom stereocenters. The first-order chi connectivity index (χ1) is 10.1. The van der Waals surface area contributed by atoms with Gasteiger partial charge in [0, 0.05) is 17.5 Å². The molecule has 6 heteroatoms. The Morgan fingerprint density at radius 2 is 2.24 bits per heavy atom. The summed E-state index contributed by atoms with van der Waals surface area (Å²) in [5, 5.41) is -0.220. The van der Waals surface area contributed by atoms with Crippen molar-refractivity contribution in [3.63, 3.8) is 0 Å². The van der Waals surface area contributed by atoms with Crippen molar-refractivity contribution in [1.29, 1.82) is 0 Å². The summed E-state index contributed by atoms with van der Waals surface area (Å²) in [6.45, 7) is 0. The van der Waals surface area contributed by atoms with E-state index in [9.17, 15) is 9.18 Å². The molecule has 0 spiro atoms. The standard InChI is InChI=1S/C15H10ClFN2O2/c16-15(20)14-13(10-5-9(17)3-4-12(10)21-14)19-6-11(18-7-19)8-1-2-8/h3-8H,1-2H2. The molecule has 4 rings (SSSR count). The molecule has 1 aliphatic carbocycles. The number of halogens is 2. The number of imidazole rings is 1. The molecule has 106 valence electrons. The summed E-state index contributed by atoms with van der Waals surface area (Å²) in [6.07, 6.45) is 5.69. The van der Waals surface area contributed by atoms with Crippen LogP contribution in [0.2, 0.25) is 0 Å². The molecule has 3 aromatic rings. The summed E-state index contributed by atoms with van der Waals surface area (Å²) < 4.78 is 20.6. The summed E-state index contributed by atoms with van der Waals surface area (Å²) in [7, 11) is 0. The number of hydrogen-bond acceptors (Lipinski definition) is 3. The molecular formula is C15H10ClFN2O2. The van der Waals surface area contributed by atoms with Gasteiger partial charge in [-0.3, -0.25) is 4.79 Å². The van der Waals surface area contributed by atoms with Crippen LogP contribution in [0.4, 0.5) is 4.39 Å². The third-order valence-corrected chi connectivity index (χ3v) is 3.83. The molecule has 4 nitrogen and oxygen atoms in total. The smallest absolute Gasteiger partial charge is 0.290 e. The van der Waals surface area contributed by atoms with Crippen LogP contribution in [0.1, 0.15) is 35.0 Å². The van der Waals surface area contributed by atoms with E-state index in [1.807, 2.05) is 6.20 Å². The van der Waals surface area contributed by atoms with Gasteiger partial charge in [0.25, 0.3) is 5.24 Å². The van der Waals surface area contributed by atoms with Crippen LogP contribution in [-0.2, 0) is 0 Å². The van der Waals surface area contributed by atoms with Crippen LogP contribution in [0.3, 0.4) is 0 Å². The zero-order chi connectivity index (χ0) is 14.6. The van der Waals surface area contributed by atoms with E-state index in [1.165, 1.54) is 18.2 Å². The Balaban J connectivity index is 1.97. The molecule has 21 heavy (non-hydrogen) atoms. The Morgan fingerprint density at radius 3 is 2.95 bits per heavy atom. The highest BCUT2D eigenvalue weighted by molar-refractivity contribution is 6.67. The summed E-state index contributed by atoms with van der Waals surface area (Å²) in [5.41, 5.74) is 1.81. The van der Waals surface area contributed by atoms with Gasteiger partial charge in [-0.15, -0.1) is 0 Å². The fourth-order valence-corrected chi connectivity index (χ4v) is 2.62. The van der Waals surface area contributed by atoms with Crippen LogP contribution in [-0.4, -0.2) is 14.8 Å². The molecule has 0 unspecified atom stereocenters. The molecule has 2 heterocycles. The van der Waals surface area contributed by atoms with Crippen LogP contribution < -0.4 is 0 Å².